The fourth-order valence-corrected chi connectivity index (χ4v) is 2.18. The molecule has 0 radical (unpaired) electrons. The maximum Gasteiger partial charge on any atom is 0.330 e. The number of amides is 2. The quantitative estimate of drug-likeness (QED) is 0.540. The Morgan fingerprint density at radius 2 is 1.67 bits per heavy atom. The van der Waals surface area contributed by atoms with E-state index in [1.54, 1.807) is 13.8 Å². The summed E-state index contributed by atoms with van der Waals surface area (Å²) >= 11 is 0. The van der Waals surface area contributed by atoms with Gasteiger partial charge >= 0.3 is 5.97 Å². The standard InChI is InChI=1S/C17H33N3O4/c1-8-11(4)13(18)15(22)19-12(9-10(2)3)14(21)20-17(5,6)16(23)24-7/h10-13H,8-9,18H2,1-7H3,(H,19,22)(H,20,21)/t11-,12-,13-/m0/s1. The number of carbonyl (C=O) groups excluding carboxylic acids is 3. The average Bonchev–Trinajstić information content (AvgIpc) is 2.50. The minimum absolute atomic E-state index is 0.0132. The van der Waals surface area contributed by atoms with Gasteiger partial charge in [0.2, 0.25) is 11.8 Å². The van der Waals surface area contributed by atoms with E-state index in [2.05, 4.69) is 15.4 Å². The molecule has 0 aliphatic carbocycles. The van der Waals surface area contributed by atoms with Crippen LogP contribution in [0.3, 0.4) is 0 Å². The lowest BCUT2D eigenvalue weighted by molar-refractivity contribution is -0.149. The minimum atomic E-state index is -1.18. The van der Waals surface area contributed by atoms with Crippen molar-refractivity contribution in [3.8, 4) is 0 Å². The number of methoxy groups -OCH3 is 1. The van der Waals surface area contributed by atoms with Gasteiger partial charge in [-0.1, -0.05) is 34.1 Å². The van der Waals surface area contributed by atoms with Gasteiger partial charge in [0.1, 0.15) is 11.6 Å². The van der Waals surface area contributed by atoms with E-state index in [1.807, 2.05) is 27.7 Å². The number of nitrogens with one attached hydrogen (secondary N) is 2. The maximum atomic E-state index is 12.5. The number of carbonyl (C=O) groups is 3. The van der Waals surface area contributed by atoms with Gasteiger partial charge in [-0.15, -0.1) is 0 Å². The molecule has 0 spiro atoms. The number of ether oxygens (including phenoxy) is 1. The van der Waals surface area contributed by atoms with Crippen LogP contribution in [0.15, 0.2) is 0 Å². The molecular weight excluding hydrogens is 310 g/mol. The van der Waals surface area contributed by atoms with Crippen molar-refractivity contribution in [2.75, 3.05) is 7.11 Å². The number of hydrogen-bond acceptors (Lipinski definition) is 5. The van der Waals surface area contributed by atoms with Crippen molar-refractivity contribution in [2.45, 2.75) is 72.0 Å². The van der Waals surface area contributed by atoms with Crippen LogP contribution >= 0.6 is 0 Å². The van der Waals surface area contributed by atoms with E-state index >= 15 is 0 Å². The van der Waals surface area contributed by atoms with Crippen LogP contribution in [-0.2, 0) is 19.1 Å². The summed E-state index contributed by atoms with van der Waals surface area (Å²) in [4.78, 5) is 36.6. The summed E-state index contributed by atoms with van der Waals surface area (Å²) in [5.74, 6) is -1.15. The lowest BCUT2D eigenvalue weighted by atomic mass is 9.97. The molecule has 0 fully saturated rings. The molecule has 0 aromatic rings. The van der Waals surface area contributed by atoms with Crippen molar-refractivity contribution in [2.24, 2.45) is 17.6 Å². The molecule has 0 aromatic heterocycles. The summed E-state index contributed by atoms with van der Waals surface area (Å²) in [5, 5.41) is 5.35. The van der Waals surface area contributed by atoms with E-state index in [4.69, 9.17) is 5.73 Å². The van der Waals surface area contributed by atoms with E-state index in [0.29, 0.717) is 6.42 Å². The van der Waals surface area contributed by atoms with E-state index in [1.165, 1.54) is 7.11 Å². The highest BCUT2D eigenvalue weighted by atomic mass is 16.5. The zero-order valence-electron chi connectivity index (χ0n) is 15.9. The third-order valence-corrected chi connectivity index (χ3v) is 4.03. The normalized spacial score (nSPS) is 15.4. The minimum Gasteiger partial charge on any atom is -0.467 e. The Morgan fingerprint density at radius 1 is 1.12 bits per heavy atom. The largest absolute Gasteiger partial charge is 0.467 e. The second-order valence-electron chi connectivity index (χ2n) is 7.21. The molecular formula is C17H33N3O4. The molecule has 0 bridgehead atoms. The molecule has 3 atom stereocenters. The van der Waals surface area contributed by atoms with Crippen LogP contribution in [0.1, 0.15) is 54.4 Å². The first-order valence-electron chi connectivity index (χ1n) is 8.42. The fraction of sp³-hybridized carbons (Fsp3) is 0.824. The molecule has 0 aliphatic rings. The third-order valence-electron chi connectivity index (χ3n) is 4.03. The topological polar surface area (TPSA) is 111 Å². The van der Waals surface area contributed by atoms with Gasteiger partial charge in [0, 0.05) is 0 Å². The summed E-state index contributed by atoms with van der Waals surface area (Å²) in [7, 11) is 1.26. The summed E-state index contributed by atoms with van der Waals surface area (Å²) in [5.41, 5.74) is 4.75. The van der Waals surface area contributed by atoms with Crippen molar-refractivity contribution >= 4 is 17.8 Å². The summed E-state index contributed by atoms with van der Waals surface area (Å²) in [6.07, 6.45) is 1.22. The Balaban J connectivity index is 5.09. The van der Waals surface area contributed by atoms with Crippen LogP contribution < -0.4 is 16.4 Å². The van der Waals surface area contributed by atoms with Gasteiger partial charge in [0.25, 0.3) is 0 Å². The van der Waals surface area contributed by atoms with E-state index in [-0.39, 0.29) is 17.7 Å². The van der Waals surface area contributed by atoms with Crippen LogP contribution in [0, 0.1) is 11.8 Å². The van der Waals surface area contributed by atoms with Gasteiger partial charge in [0.05, 0.1) is 13.2 Å². The van der Waals surface area contributed by atoms with E-state index < -0.39 is 29.5 Å². The summed E-state index contributed by atoms with van der Waals surface area (Å²) in [6, 6.07) is -1.43. The Bertz CT molecular complexity index is 449. The van der Waals surface area contributed by atoms with E-state index in [9.17, 15) is 14.4 Å². The fourth-order valence-electron chi connectivity index (χ4n) is 2.18. The smallest absolute Gasteiger partial charge is 0.330 e. The first kappa shape index (κ1) is 22.4. The molecule has 0 saturated carbocycles. The van der Waals surface area contributed by atoms with Crippen LogP contribution in [0.2, 0.25) is 0 Å². The lowest BCUT2D eigenvalue weighted by Gasteiger charge is -2.28. The Hall–Kier alpha value is -1.63. The highest BCUT2D eigenvalue weighted by molar-refractivity contribution is 5.93. The molecule has 0 unspecified atom stereocenters. The van der Waals surface area contributed by atoms with Crippen molar-refractivity contribution in [1.29, 1.82) is 0 Å². The molecule has 4 N–H and O–H groups in total. The van der Waals surface area contributed by atoms with Crippen LogP contribution in [-0.4, -0.2) is 42.5 Å². The lowest BCUT2D eigenvalue weighted by Crippen LogP contribution is -2.58. The highest BCUT2D eigenvalue weighted by Gasteiger charge is 2.34. The molecule has 0 aliphatic heterocycles. The molecule has 0 saturated heterocycles. The summed E-state index contributed by atoms with van der Waals surface area (Å²) in [6.45, 7) is 10.8. The maximum absolute atomic E-state index is 12.5. The summed E-state index contributed by atoms with van der Waals surface area (Å²) < 4.78 is 4.68. The molecule has 2 amide bonds. The van der Waals surface area contributed by atoms with E-state index in [0.717, 1.165) is 6.42 Å². The average molecular weight is 343 g/mol. The third kappa shape index (κ3) is 6.86. The number of rotatable bonds is 9. The van der Waals surface area contributed by atoms with Gasteiger partial charge in [-0.3, -0.25) is 9.59 Å². The van der Waals surface area contributed by atoms with Crippen molar-refractivity contribution in [1.82, 2.24) is 10.6 Å². The Kier molecular flexibility index (Phi) is 8.96. The van der Waals surface area contributed by atoms with Gasteiger partial charge < -0.3 is 21.1 Å². The van der Waals surface area contributed by atoms with Crippen LogP contribution in [0.5, 0.6) is 0 Å². The zero-order chi connectivity index (χ0) is 19.1. The zero-order valence-corrected chi connectivity index (χ0v) is 15.9. The highest BCUT2D eigenvalue weighted by Crippen LogP contribution is 2.11. The van der Waals surface area contributed by atoms with Gasteiger partial charge in [-0.25, -0.2) is 4.79 Å². The van der Waals surface area contributed by atoms with Gasteiger partial charge in [-0.2, -0.15) is 0 Å². The first-order valence-corrected chi connectivity index (χ1v) is 8.42. The molecule has 0 rings (SSSR count). The molecule has 0 heterocycles. The predicted molar refractivity (Wildman–Crippen MR) is 93.1 cm³/mol. The molecule has 7 nitrogen and oxygen atoms in total. The van der Waals surface area contributed by atoms with Gasteiger partial charge in [0.15, 0.2) is 0 Å². The monoisotopic (exact) mass is 343 g/mol. The SMILES string of the molecule is CC[C@H](C)[C@H](N)C(=O)N[C@@H](CC(C)C)C(=O)NC(C)(C)C(=O)OC. The number of esters is 1. The number of hydrogen-bond donors (Lipinski definition) is 3. The predicted octanol–water partition coefficient (Wildman–Crippen LogP) is 0.959. The number of nitrogens with two attached hydrogens (primary N) is 1. The van der Waals surface area contributed by atoms with Crippen LogP contribution in [0.4, 0.5) is 0 Å². The first-order chi connectivity index (χ1) is 11.0. The Morgan fingerprint density at radius 3 is 2.08 bits per heavy atom. The molecule has 24 heavy (non-hydrogen) atoms. The molecule has 0 aromatic carbocycles. The molecule has 140 valence electrons. The molecule has 7 heteroatoms. The van der Waals surface area contributed by atoms with Crippen molar-refractivity contribution in [3.63, 3.8) is 0 Å². The second-order valence-corrected chi connectivity index (χ2v) is 7.21. The van der Waals surface area contributed by atoms with Crippen LogP contribution in [0.25, 0.3) is 0 Å². The van der Waals surface area contributed by atoms with Gasteiger partial charge in [-0.05, 0) is 32.1 Å². The second kappa shape index (κ2) is 9.61. The van der Waals surface area contributed by atoms with Crippen molar-refractivity contribution < 1.29 is 19.1 Å². The van der Waals surface area contributed by atoms with Crippen molar-refractivity contribution in [3.05, 3.63) is 0 Å². The Labute approximate surface area is 145 Å².